The van der Waals surface area contributed by atoms with Gasteiger partial charge in [-0.15, -0.1) is 0 Å². The molecular formula is C22H16I4O4. The number of phenolic OH excluding ortho intramolecular Hbond substituents is 1. The van der Waals surface area contributed by atoms with E-state index in [0.717, 1.165) is 44.6 Å². The number of ether oxygens (including phenoxy) is 2. The lowest BCUT2D eigenvalue weighted by Crippen LogP contribution is -2.00. The number of carbonyl (C=O) groups is 1. The second kappa shape index (κ2) is 10.1. The average molecular weight is 852 g/mol. The van der Waals surface area contributed by atoms with Crippen molar-refractivity contribution < 1.29 is 19.4 Å². The van der Waals surface area contributed by atoms with Crippen molar-refractivity contribution in [3.63, 3.8) is 0 Å². The Morgan fingerprint density at radius 1 is 0.967 bits per heavy atom. The highest BCUT2D eigenvalue weighted by Crippen LogP contribution is 2.49. The van der Waals surface area contributed by atoms with E-state index in [4.69, 9.17) is 9.47 Å². The summed E-state index contributed by atoms with van der Waals surface area (Å²) in [5.41, 5.74) is 3.47. The van der Waals surface area contributed by atoms with Crippen molar-refractivity contribution in [2.45, 2.75) is 6.92 Å². The summed E-state index contributed by atoms with van der Waals surface area (Å²) in [6, 6.07) is 7.70. The van der Waals surface area contributed by atoms with Gasteiger partial charge in [-0.2, -0.15) is 0 Å². The first-order valence-corrected chi connectivity index (χ1v) is 12.9. The van der Waals surface area contributed by atoms with E-state index in [1.165, 1.54) is 0 Å². The number of aromatic hydroxyl groups is 1. The molecular weight excluding hydrogens is 836 g/mol. The molecule has 156 valence electrons. The average Bonchev–Trinajstić information content (AvgIpc) is 2.71. The number of phenols is 1. The standard InChI is InChI=1S/C22H16I4O4/c1-10-13(5-12(24)9-27)15(25)7-18(29-2)20(10)22-19(30-3)8-16(26)14-4-11(23)6-17(28)21(14)22/h4-9,28H,1-3H3/b12-5+. The van der Waals surface area contributed by atoms with Crippen molar-refractivity contribution in [3.05, 3.63) is 49.7 Å². The minimum absolute atomic E-state index is 0.184. The summed E-state index contributed by atoms with van der Waals surface area (Å²) in [4.78, 5) is 11.2. The van der Waals surface area contributed by atoms with Crippen LogP contribution in [0.15, 0.2) is 27.8 Å². The first-order chi connectivity index (χ1) is 14.2. The monoisotopic (exact) mass is 852 g/mol. The lowest BCUT2D eigenvalue weighted by atomic mass is 9.90. The molecule has 0 bridgehead atoms. The Morgan fingerprint density at radius 3 is 2.17 bits per heavy atom. The maximum absolute atomic E-state index is 11.2. The quantitative estimate of drug-likeness (QED) is 0.166. The fourth-order valence-corrected chi connectivity index (χ4v) is 5.89. The van der Waals surface area contributed by atoms with Crippen LogP contribution in [0.25, 0.3) is 28.0 Å². The van der Waals surface area contributed by atoms with Crippen molar-refractivity contribution >= 4 is 113 Å². The number of fused-ring (bicyclic) bond motifs is 1. The number of allylic oxidation sites excluding steroid dienone is 1. The molecule has 0 atom stereocenters. The Labute approximate surface area is 229 Å². The molecule has 0 fully saturated rings. The number of hydrogen-bond donors (Lipinski definition) is 1. The molecule has 0 amide bonds. The third-order valence-corrected chi connectivity index (χ3v) is 7.69. The molecule has 8 heteroatoms. The van der Waals surface area contributed by atoms with Gasteiger partial charge in [-0.05, 0) is 139 Å². The number of benzene rings is 3. The van der Waals surface area contributed by atoms with Gasteiger partial charge in [-0.3, -0.25) is 4.79 Å². The molecule has 0 aliphatic rings. The van der Waals surface area contributed by atoms with Crippen LogP contribution in [-0.4, -0.2) is 25.6 Å². The van der Waals surface area contributed by atoms with Gasteiger partial charge in [0.05, 0.1) is 17.8 Å². The molecule has 0 unspecified atom stereocenters. The zero-order chi connectivity index (χ0) is 22.2. The van der Waals surface area contributed by atoms with Gasteiger partial charge in [-0.25, -0.2) is 0 Å². The van der Waals surface area contributed by atoms with Crippen molar-refractivity contribution in [1.82, 2.24) is 0 Å². The number of hydrogen-bond acceptors (Lipinski definition) is 4. The lowest BCUT2D eigenvalue weighted by molar-refractivity contribution is -0.104. The maximum Gasteiger partial charge on any atom is 0.156 e. The van der Waals surface area contributed by atoms with E-state index < -0.39 is 0 Å². The summed E-state index contributed by atoms with van der Waals surface area (Å²) in [5, 5.41) is 12.6. The Kier molecular flexibility index (Phi) is 8.15. The van der Waals surface area contributed by atoms with Crippen molar-refractivity contribution in [2.24, 2.45) is 0 Å². The van der Waals surface area contributed by atoms with E-state index in [0.29, 0.717) is 20.5 Å². The molecule has 1 N–H and O–H groups in total. The molecule has 0 radical (unpaired) electrons. The lowest BCUT2D eigenvalue weighted by Gasteiger charge is -2.21. The Balaban J connectivity index is 2.57. The highest BCUT2D eigenvalue weighted by Gasteiger charge is 2.24. The van der Waals surface area contributed by atoms with Crippen LogP contribution in [0.2, 0.25) is 0 Å². The van der Waals surface area contributed by atoms with Crippen LogP contribution < -0.4 is 9.47 Å². The molecule has 0 saturated heterocycles. The highest BCUT2D eigenvalue weighted by molar-refractivity contribution is 14.1. The third-order valence-electron chi connectivity index (χ3n) is 4.72. The normalized spacial score (nSPS) is 11.6. The molecule has 0 heterocycles. The molecule has 0 saturated carbocycles. The highest BCUT2D eigenvalue weighted by atomic mass is 127. The van der Waals surface area contributed by atoms with E-state index in [9.17, 15) is 9.90 Å². The van der Waals surface area contributed by atoms with Gasteiger partial charge in [0, 0.05) is 32.6 Å². The van der Waals surface area contributed by atoms with E-state index >= 15 is 0 Å². The molecule has 30 heavy (non-hydrogen) atoms. The van der Waals surface area contributed by atoms with Crippen LogP contribution in [0.5, 0.6) is 17.2 Å². The largest absolute Gasteiger partial charge is 0.507 e. The number of methoxy groups -OCH3 is 2. The topological polar surface area (TPSA) is 55.8 Å². The summed E-state index contributed by atoms with van der Waals surface area (Å²) in [7, 11) is 3.25. The Morgan fingerprint density at radius 2 is 1.57 bits per heavy atom. The Hall–Kier alpha value is -0.350. The number of rotatable bonds is 5. The van der Waals surface area contributed by atoms with Gasteiger partial charge in [-0.1, -0.05) is 0 Å². The van der Waals surface area contributed by atoms with Crippen LogP contribution in [0.3, 0.4) is 0 Å². The van der Waals surface area contributed by atoms with Gasteiger partial charge < -0.3 is 14.6 Å². The van der Waals surface area contributed by atoms with Gasteiger partial charge in [0.25, 0.3) is 0 Å². The van der Waals surface area contributed by atoms with Crippen LogP contribution in [0, 0.1) is 17.6 Å². The van der Waals surface area contributed by atoms with Crippen molar-refractivity contribution in [2.75, 3.05) is 14.2 Å². The molecule has 3 rings (SSSR count). The van der Waals surface area contributed by atoms with Crippen LogP contribution in [-0.2, 0) is 4.79 Å². The predicted molar refractivity (Wildman–Crippen MR) is 155 cm³/mol. The first-order valence-electron chi connectivity index (χ1n) is 8.62. The minimum Gasteiger partial charge on any atom is -0.507 e. The number of aldehydes is 1. The van der Waals surface area contributed by atoms with Crippen molar-refractivity contribution in [1.29, 1.82) is 0 Å². The third kappa shape index (κ3) is 4.56. The molecule has 0 aliphatic heterocycles. The SMILES string of the molecule is COc1cc(I)c(/C=C(/I)C=O)c(C)c1-c1c(OC)cc(I)c2cc(I)cc(O)c12. The van der Waals surface area contributed by atoms with E-state index in [1.54, 1.807) is 20.3 Å². The zero-order valence-electron chi connectivity index (χ0n) is 16.1. The first kappa shape index (κ1) is 24.3. The van der Waals surface area contributed by atoms with E-state index in [1.807, 2.05) is 53.8 Å². The minimum atomic E-state index is 0.184. The smallest absolute Gasteiger partial charge is 0.156 e. The molecule has 0 aliphatic carbocycles. The van der Waals surface area contributed by atoms with Gasteiger partial charge in [0.1, 0.15) is 17.2 Å². The van der Waals surface area contributed by atoms with Crippen LogP contribution >= 0.6 is 90.4 Å². The Bertz CT molecular complexity index is 1200. The maximum atomic E-state index is 11.2. The molecule has 0 aromatic heterocycles. The molecule has 0 spiro atoms. The fraction of sp³-hybridized carbons (Fsp3) is 0.136. The molecule has 3 aromatic rings. The summed E-state index contributed by atoms with van der Waals surface area (Å²) < 4.78 is 15.0. The molecule has 4 nitrogen and oxygen atoms in total. The van der Waals surface area contributed by atoms with Gasteiger partial charge >= 0.3 is 0 Å². The predicted octanol–water partition coefficient (Wildman–Crippen LogP) is 7.33. The number of halogens is 4. The van der Waals surface area contributed by atoms with Crippen molar-refractivity contribution in [3.8, 4) is 28.4 Å². The second-order valence-corrected chi connectivity index (χ2v) is 11.2. The van der Waals surface area contributed by atoms with Crippen LogP contribution in [0.4, 0.5) is 0 Å². The fourth-order valence-electron chi connectivity index (χ4n) is 3.43. The van der Waals surface area contributed by atoms with Gasteiger partial charge in [0.15, 0.2) is 6.29 Å². The van der Waals surface area contributed by atoms with E-state index in [-0.39, 0.29) is 5.75 Å². The summed E-state index contributed by atoms with van der Waals surface area (Å²) in [5.74, 6) is 1.50. The second-order valence-electron chi connectivity index (χ2n) is 6.40. The summed E-state index contributed by atoms with van der Waals surface area (Å²) in [6.45, 7) is 1.99. The summed E-state index contributed by atoms with van der Waals surface area (Å²) >= 11 is 8.73. The number of carbonyl (C=O) groups excluding carboxylic acids is 1. The zero-order valence-corrected chi connectivity index (χ0v) is 24.8. The van der Waals surface area contributed by atoms with Gasteiger partial charge in [0.2, 0.25) is 0 Å². The molecule has 3 aromatic carbocycles. The van der Waals surface area contributed by atoms with E-state index in [2.05, 4.69) is 67.8 Å². The van der Waals surface area contributed by atoms with Crippen LogP contribution in [0.1, 0.15) is 11.1 Å². The summed E-state index contributed by atoms with van der Waals surface area (Å²) in [6.07, 6.45) is 2.69.